The van der Waals surface area contributed by atoms with E-state index in [2.05, 4.69) is 15.9 Å². The Morgan fingerprint density at radius 2 is 1.81 bits per heavy atom. The van der Waals surface area contributed by atoms with E-state index in [0.717, 1.165) is 0 Å². The van der Waals surface area contributed by atoms with Crippen molar-refractivity contribution in [1.82, 2.24) is 0 Å². The van der Waals surface area contributed by atoms with Crippen LogP contribution in [-0.4, -0.2) is 18.5 Å². The maximum absolute atomic E-state index is 14.4. The number of halogens is 3. The first-order valence-corrected chi connectivity index (χ1v) is 8.68. The number of amides is 1. The van der Waals surface area contributed by atoms with Crippen molar-refractivity contribution in [1.29, 1.82) is 0 Å². The molecule has 0 bridgehead atoms. The molecule has 1 atom stereocenters. The summed E-state index contributed by atoms with van der Waals surface area (Å²) >= 11 is 3.29. The average molecular weight is 420 g/mol. The lowest BCUT2D eigenvalue weighted by molar-refractivity contribution is -0.136. The highest BCUT2D eigenvalue weighted by Crippen LogP contribution is 2.43. The molecule has 4 rings (SSSR count). The van der Waals surface area contributed by atoms with Gasteiger partial charge in [0.25, 0.3) is 0 Å². The molecule has 26 heavy (non-hydrogen) atoms. The molecule has 0 saturated carbocycles. The molecule has 4 nitrogen and oxygen atoms in total. The Kier molecular flexibility index (Phi) is 4.11. The number of cyclic esters (lactones) is 1. The molecule has 1 unspecified atom stereocenters. The molecule has 7 heteroatoms. The van der Waals surface area contributed by atoms with E-state index in [1.165, 1.54) is 35.2 Å². The molecular weight excluding hydrogens is 408 g/mol. The van der Waals surface area contributed by atoms with Crippen LogP contribution in [0.2, 0.25) is 0 Å². The topological polar surface area (TPSA) is 46.6 Å². The van der Waals surface area contributed by atoms with Gasteiger partial charge in [0.1, 0.15) is 18.2 Å². The van der Waals surface area contributed by atoms with Crippen LogP contribution in [0.5, 0.6) is 0 Å². The number of hydrogen-bond donors (Lipinski definition) is 0. The third kappa shape index (κ3) is 2.72. The number of rotatable bonds is 2. The summed E-state index contributed by atoms with van der Waals surface area (Å²) in [4.78, 5) is 26.5. The molecule has 2 aliphatic heterocycles. The van der Waals surface area contributed by atoms with Crippen molar-refractivity contribution in [3.8, 4) is 0 Å². The molecular formula is C19H12BrF2NO3. The maximum Gasteiger partial charge on any atom is 0.336 e. The van der Waals surface area contributed by atoms with Crippen molar-refractivity contribution in [3.05, 3.63) is 75.4 Å². The van der Waals surface area contributed by atoms with Gasteiger partial charge in [0, 0.05) is 22.5 Å². The van der Waals surface area contributed by atoms with Crippen molar-refractivity contribution >= 4 is 33.5 Å². The van der Waals surface area contributed by atoms with E-state index in [1.807, 2.05) is 0 Å². The summed E-state index contributed by atoms with van der Waals surface area (Å²) in [5.74, 6) is -2.52. The number of nitrogens with zero attached hydrogens (tertiary/aromatic N) is 1. The number of carbonyl (C=O) groups is 2. The summed E-state index contributed by atoms with van der Waals surface area (Å²) in [5.41, 5.74) is 1.35. The fourth-order valence-electron chi connectivity index (χ4n) is 3.39. The average Bonchev–Trinajstić information content (AvgIpc) is 2.99. The van der Waals surface area contributed by atoms with Gasteiger partial charge in [0.05, 0.1) is 11.3 Å². The van der Waals surface area contributed by atoms with Crippen LogP contribution in [0.1, 0.15) is 17.9 Å². The fourth-order valence-corrected chi connectivity index (χ4v) is 3.77. The molecule has 0 saturated heterocycles. The zero-order chi connectivity index (χ0) is 18.4. The molecule has 0 aliphatic carbocycles. The first-order chi connectivity index (χ1) is 12.5. The van der Waals surface area contributed by atoms with Crippen molar-refractivity contribution in [2.75, 3.05) is 11.5 Å². The summed E-state index contributed by atoms with van der Waals surface area (Å²) < 4.78 is 33.4. The molecule has 0 radical (unpaired) electrons. The van der Waals surface area contributed by atoms with Crippen LogP contribution in [0.25, 0.3) is 0 Å². The molecule has 132 valence electrons. The largest absolute Gasteiger partial charge is 0.456 e. The highest BCUT2D eigenvalue weighted by molar-refractivity contribution is 9.10. The number of anilines is 1. The molecule has 2 aromatic rings. The van der Waals surface area contributed by atoms with Crippen LogP contribution in [-0.2, 0) is 14.3 Å². The van der Waals surface area contributed by atoms with Gasteiger partial charge in [-0.15, -0.1) is 0 Å². The summed E-state index contributed by atoms with van der Waals surface area (Å²) in [5, 5.41) is 0. The Labute approximate surface area is 156 Å². The Balaban J connectivity index is 1.85. The van der Waals surface area contributed by atoms with Gasteiger partial charge in [0.15, 0.2) is 0 Å². The highest BCUT2D eigenvalue weighted by Gasteiger charge is 2.43. The summed E-state index contributed by atoms with van der Waals surface area (Å²) in [7, 11) is 0. The quantitative estimate of drug-likeness (QED) is 0.689. The van der Waals surface area contributed by atoms with Gasteiger partial charge < -0.3 is 4.74 Å². The van der Waals surface area contributed by atoms with Crippen LogP contribution in [0, 0.1) is 11.6 Å². The SMILES string of the molecule is O=C1OCC2=C1C(c1cc(Br)ccc1F)CC(=O)N2c1ccc(F)cc1. The number of esters is 1. The molecule has 0 spiro atoms. The lowest BCUT2D eigenvalue weighted by atomic mass is 9.84. The van der Waals surface area contributed by atoms with Crippen LogP contribution in [0.4, 0.5) is 14.5 Å². The Morgan fingerprint density at radius 3 is 2.54 bits per heavy atom. The molecule has 0 N–H and O–H groups in total. The minimum atomic E-state index is -0.721. The fraction of sp³-hybridized carbons (Fsp3) is 0.158. The number of ether oxygens (including phenoxy) is 1. The molecule has 1 amide bonds. The Morgan fingerprint density at radius 1 is 1.08 bits per heavy atom. The smallest absolute Gasteiger partial charge is 0.336 e. The van der Waals surface area contributed by atoms with Crippen molar-refractivity contribution in [2.45, 2.75) is 12.3 Å². The predicted molar refractivity (Wildman–Crippen MR) is 93.3 cm³/mol. The van der Waals surface area contributed by atoms with E-state index in [4.69, 9.17) is 4.74 Å². The van der Waals surface area contributed by atoms with Crippen molar-refractivity contribution < 1.29 is 23.1 Å². The van der Waals surface area contributed by atoms with Gasteiger partial charge in [-0.2, -0.15) is 0 Å². The Hall–Kier alpha value is -2.54. The normalized spacial score (nSPS) is 19.7. The number of benzene rings is 2. The molecule has 0 aromatic heterocycles. The predicted octanol–water partition coefficient (Wildman–Crippen LogP) is 4.06. The van der Waals surface area contributed by atoms with E-state index in [9.17, 15) is 18.4 Å². The summed E-state index contributed by atoms with van der Waals surface area (Å²) in [6.07, 6.45) is -0.0846. The summed E-state index contributed by atoms with van der Waals surface area (Å²) in [6.45, 7) is -0.0800. The van der Waals surface area contributed by atoms with Crippen LogP contribution < -0.4 is 4.90 Å². The second-order valence-corrected chi connectivity index (χ2v) is 6.98. The minimum Gasteiger partial charge on any atom is -0.456 e. The van der Waals surface area contributed by atoms with E-state index in [-0.39, 0.29) is 30.1 Å². The second-order valence-electron chi connectivity index (χ2n) is 6.06. The van der Waals surface area contributed by atoms with Gasteiger partial charge in [-0.1, -0.05) is 15.9 Å². The van der Waals surface area contributed by atoms with E-state index < -0.39 is 23.5 Å². The second kappa shape index (κ2) is 6.32. The van der Waals surface area contributed by atoms with E-state index in [0.29, 0.717) is 15.9 Å². The standard InChI is InChI=1S/C19H12BrF2NO3/c20-10-1-6-15(22)13(7-10)14-8-17(24)23(12-4-2-11(21)3-5-12)16-9-26-19(25)18(14)16/h1-7,14H,8-9H2. The maximum atomic E-state index is 14.4. The zero-order valence-corrected chi connectivity index (χ0v) is 14.9. The third-order valence-electron chi connectivity index (χ3n) is 4.54. The zero-order valence-electron chi connectivity index (χ0n) is 13.3. The van der Waals surface area contributed by atoms with E-state index >= 15 is 0 Å². The molecule has 0 fully saturated rings. The first-order valence-electron chi connectivity index (χ1n) is 7.89. The van der Waals surface area contributed by atoms with Crippen molar-refractivity contribution in [3.63, 3.8) is 0 Å². The minimum absolute atomic E-state index is 0.0800. The van der Waals surface area contributed by atoms with Gasteiger partial charge in [-0.05, 0) is 48.0 Å². The van der Waals surface area contributed by atoms with Gasteiger partial charge >= 0.3 is 5.97 Å². The highest BCUT2D eigenvalue weighted by atomic mass is 79.9. The molecule has 2 heterocycles. The van der Waals surface area contributed by atoms with Crippen molar-refractivity contribution in [2.24, 2.45) is 0 Å². The van der Waals surface area contributed by atoms with E-state index in [1.54, 1.807) is 12.1 Å². The van der Waals surface area contributed by atoms with Gasteiger partial charge in [0.2, 0.25) is 5.91 Å². The van der Waals surface area contributed by atoms with Crippen LogP contribution in [0.15, 0.2) is 58.2 Å². The molecule has 2 aliphatic rings. The van der Waals surface area contributed by atoms with Gasteiger partial charge in [-0.25, -0.2) is 13.6 Å². The third-order valence-corrected chi connectivity index (χ3v) is 5.03. The Bertz CT molecular complexity index is 956. The van der Waals surface area contributed by atoms with Crippen LogP contribution >= 0.6 is 15.9 Å². The molecule has 2 aromatic carbocycles. The summed E-state index contributed by atoms with van der Waals surface area (Å²) in [6, 6.07) is 9.80. The first kappa shape index (κ1) is 16.9. The monoisotopic (exact) mass is 419 g/mol. The number of hydrogen-bond acceptors (Lipinski definition) is 3. The van der Waals surface area contributed by atoms with Crippen LogP contribution in [0.3, 0.4) is 0 Å². The number of carbonyl (C=O) groups excluding carboxylic acids is 2. The lowest BCUT2D eigenvalue weighted by Gasteiger charge is -2.32. The van der Waals surface area contributed by atoms with Gasteiger partial charge in [-0.3, -0.25) is 9.69 Å². The lowest BCUT2D eigenvalue weighted by Crippen LogP contribution is -2.37.